The number of pyridine rings is 1. The molecule has 0 aliphatic carbocycles. The number of nitrogens with zero attached hydrogens (tertiary/aromatic N) is 2. The fourth-order valence-corrected chi connectivity index (χ4v) is 1.76. The average Bonchev–Trinajstić information content (AvgIpc) is 2.56. The summed E-state index contributed by atoms with van der Waals surface area (Å²) in [6, 6.07) is 4.03. The zero-order chi connectivity index (χ0) is 10.1. The van der Waals surface area contributed by atoms with Crippen molar-refractivity contribution in [3.63, 3.8) is 0 Å². The van der Waals surface area contributed by atoms with Crippen molar-refractivity contribution in [2.75, 3.05) is 0 Å². The Kier molecular flexibility index (Phi) is 2.42. The van der Waals surface area contributed by atoms with Crippen LogP contribution < -0.4 is 0 Å². The molecular formula is C11H11BrN2. The first kappa shape index (κ1) is 9.46. The van der Waals surface area contributed by atoms with Crippen LogP contribution >= 0.6 is 15.9 Å². The lowest BCUT2D eigenvalue weighted by molar-refractivity contribution is 1.08. The van der Waals surface area contributed by atoms with Crippen LogP contribution in [0.5, 0.6) is 0 Å². The van der Waals surface area contributed by atoms with Gasteiger partial charge in [-0.2, -0.15) is 0 Å². The number of aromatic nitrogens is 2. The fraction of sp³-hybridized carbons (Fsp3) is 0.182. The Hall–Kier alpha value is -1.09. The molecule has 0 aliphatic heterocycles. The molecule has 0 atom stereocenters. The summed E-state index contributed by atoms with van der Waals surface area (Å²) in [5.41, 5.74) is 3.15. The predicted molar refractivity (Wildman–Crippen MR) is 62.3 cm³/mol. The topological polar surface area (TPSA) is 17.3 Å². The van der Waals surface area contributed by atoms with Crippen molar-refractivity contribution in [3.05, 3.63) is 40.3 Å². The molecule has 0 N–H and O–H groups in total. The Labute approximate surface area is 91.4 Å². The second-order valence-corrected chi connectivity index (χ2v) is 4.01. The molecule has 72 valence electrons. The molecule has 3 heteroatoms. The molecule has 2 rings (SSSR count). The quantitative estimate of drug-likeness (QED) is 0.758. The highest BCUT2D eigenvalue weighted by Crippen LogP contribution is 2.18. The van der Waals surface area contributed by atoms with Crippen molar-refractivity contribution in [3.8, 4) is 0 Å². The number of hydrogen-bond acceptors (Lipinski definition) is 1. The summed E-state index contributed by atoms with van der Waals surface area (Å²) >= 11 is 3.50. The Morgan fingerprint density at radius 2 is 2.21 bits per heavy atom. The van der Waals surface area contributed by atoms with E-state index in [1.807, 2.05) is 37.4 Å². The van der Waals surface area contributed by atoms with Gasteiger partial charge in [0.2, 0.25) is 0 Å². The Morgan fingerprint density at radius 3 is 2.93 bits per heavy atom. The van der Waals surface area contributed by atoms with Crippen LogP contribution in [0.1, 0.15) is 18.3 Å². The first-order valence-corrected chi connectivity index (χ1v) is 5.28. The van der Waals surface area contributed by atoms with Gasteiger partial charge in [-0.1, -0.05) is 6.08 Å². The van der Waals surface area contributed by atoms with Crippen molar-refractivity contribution >= 4 is 27.7 Å². The molecule has 0 amide bonds. The van der Waals surface area contributed by atoms with Gasteiger partial charge in [0, 0.05) is 16.4 Å². The zero-order valence-electron chi connectivity index (χ0n) is 8.16. The van der Waals surface area contributed by atoms with E-state index in [4.69, 9.17) is 0 Å². The van der Waals surface area contributed by atoms with Crippen LogP contribution in [-0.2, 0) is 0 Å². The first-order valence-electron chi connectivity index (χ1n) is 4.49. The number of imidazole rings is 1. The van der Waals surface area contributed by atoms with Gasteiger partial charge in [0.05, 0.1) is 5.69 Å². The maximum Gasteiger partial charge on any atom is 0.137 e. The van der Waals surface area contributed by atoms with Gasteiger partial charge >= 0.3 is 0 Å². The van der Waals surface area contributed by atoms with Gasteiger partial charge in [0.15, 0.2) is 0 Å². The highest BCUT2D eigenvalue weighted by molar-refractivity contribution is 9.10. The van der Waals surface area contributed by atoms with E-state index in [9.17, 15) is 0 Å². The predicted octanol–water partition coefficient (Wildman–Crippen LogP) is 3.44. The Morgan fingerprint density at radius 1 is 1.43 bits per heavy atom. The van der Waals surface area contributed by atoms with Crippen LogP contribution in [0.25, 0.3) is 11.7 Å². The van der Waals surface area contributed by atoms with E-state index in [2.05, 4.69) is 32.2 Å². The van der Waals surface area contributed by atoms with Gasteiger partial charge in [-0.05, 0) is 48.0 Å². The van der Waals surface area contributed by atoms with Crippen LogP contribution in [0.3, 0.4) is 0 Å². The molecule has 2 heterocycles. The number of allylic oxidation sites excluding steroid dienone is 1. The Bertz CT molecular complexity index is 497. The highest BCUT2D eigenvalue weighted by Gasteiger charge is 2.03. The molecule has 0 radical (unpaired) electrons. The molecule has 0 saturated carbocycles. The number of halogens is 1. The Balaban J connectivity index is 2.71. The van der Waals surface area contributed by atoms with Crippen molar-refractivity contribution in [1.29, 1.82) is 0 Å². The molecule has 0 saturated heterocycles. The van der Waals surface area contributed by atoms with Crippen molar-refractivity contribution < 1.29 is 0 Å². The van der Waals surface area contributed by atoms with Gasteiger partial charge in [-0.15, -0.1) is 0 Å². The van der Waals surface area contributed by atoms with E-state index >= 15 is 0 Å². The van der Waals surface area contributed by atoms with Gasteiger partial charge in [0.1, 0.15) is 5.65 Å². The van der Waals surface area contributed by atoms with Crippen LogP contribution in [-0.4, -0.2) is 9.38 Å². The third kappa shape index (κ3) is 1.48. The summed E-state index contributed by atoms with van der Waals surface area (Å²) in [7, 11) is 0. The van der Waals surface area contributed by atoms with Crippen molar-refractivity contribution in [1.82, 2.24) is 9.38 Å². The lowest BCUT2D eigenvalue weighted by atomic mass is 10.4. The second kappa shape index (κ2) is 3.58. The number of fused-ring (bicyclic) bond motifs is 1. The molecule has 14 heavy (non-hydrogen) atoms. The number of hydrogen-bond donors (Lipinski definition) is 0. The van der Waals surface area contributed by atoms with Gasteiger partial charge < -0.3 is 4.40 Å². The van der Waals surface area contributed by atoms with Crippen LogP contribution in [0.2, 0.25) is 0 Å². The molecule has 0 spiro atoms. The molecule has 0 unspecified atom stereocenters. The van der Waals surface area contributed by atoms with Gasteiger partial charge in [-0.25, -0.2) is 4.98 Å². The van der Waals surface area contributed by atoms with Gasteiger partial charge in [0.25, 0.3) is 0 Å². The van der Waals surface area contributed by atoms with Crippen molar-refractivity contribution in [2.45, 2.75) is 13.8 Å². The second-order valence-electron chi connectivity index (χ2n) is 3.16. The molecule has 0 bridgehead atoms. The minimum atomic E-state index is 0.985. The van der Waals surface area contributed by atoms with E-state index in [0.29, 0.717) is 0 Å². The lowest BCUT2D eigenvalue weighted by Gasteiger charge is -2.00. The number of rotatable bonds is 1. The maximum absolute atomic E-state index is 4.46. The fourth-order valence-electron chi connectivity index (χ4n) is 1.43. The highest BCUT2D eigenvalue weighted by atomic mass is 79.9. The van der Waals surface area contributed by atoms with Crippen LogP contribution in [0.15, 0.2) is 28.9 Å². The zero-order valence-corrected chi connectivity index (χ0v) is 9.75. The third-order valence-corrected chi connectivity index (χ3v) is 3.01. The molecule has 2 aromatic heterocycles. The van der Waals surface area contributed by atoms with E-state index in [0.717, 1.165) is 15.8 Å². The summed E-state index contributed by atoms with van der Waals surface area (Å²) < 4.78 is 3.19. The van der Waals surface area contributed by atoms with E-state index in [1.165, 1.54) is 5.69 Å². The van der Waals surface area contributed by atoms with Gasteiger partial charge in [-0.3, -0.25) is 0 Å². The average molecular weight is 251 g/mol. The molecular weight excluding hydrogens is 240 g/mol. The number of aryl methyl sites for hydroxylation is 1. The van der Waals surface area contributed by atoms with E-state index < -0.39 is 0 Å². The normalized spacial score (nSPS) is 11.6. The SMILES string of the molecule is C/C=C/c1cn2c(C)c(Br)ccc2n1. The van der Waals surface area contributed by atoms with E-state index in [1.54, 1.807) is 0 Å². The minimum Gasteiger partial charge on any atom is -0.303 e. The van der Waals surface area contributed by atoms with E-state index in [-0.39, 0.29) is 0 Å². The standard InChI is InChI=1S/C11H11BrN2/c1-3-4-9-7-14-8(2)10(12)5-6-11(14)13-9/h3-7H,1-2H3/b4-3+. The summed E-state index contributed by atoms with van der Waals surface area (Å²) in [4.78, 5) is 4.46. The summed E-state index contributed by atoms with van der Waals surface area (Å²) in [6.07, 6.45) is 6.03. The first-order chi connectivity index (χ1) is 6.72. The molecule has 0 aromatic carbocycles. The summed E-state index contributed by atoms with van der Waals surface area (Å²) in [5, 5.41) is 0. The van der Waals surface area contributed by atoms with Crippen LogP contribution in [0, 0.1) is 6.92 Å². The smallest absolute Gasteiger partial charge is 0.137 e. The maximum atomic E-state index is 4.46. The molecule has 0 fully saturated rings. The summed E-state index contributed by atoms with van der Waals surface area (Å²) in [5.74, 6) is 0. The third-order valence-electron chi connectivity index (χ3n) is 2.17. The molecule has 2 aromatic rings. The lowest BCUT2D eigenvalue weighted by Crippen LogP contribution is -1.89. The van der Waals surface area contributed by atoms with Crippen LogP contribution in [0.4, 0.5) is 0 Å². The monoisotopic (exact) mass is 250 g/mol. The molecule has 0 aliphatic rings. The molecule has 2 nitrogen and oxygen atoms in total. The van der Waals surface area contributed by atoms with Crippen molar-refractivity contribution in [2.24, 2.45) is 0 Å². The largest absolute Gasteiger partial charge is 0.303 e. The summed E-state index contributed by atoms with van der Waals surface area (Å²) in [6.45, 7) is 4.06. The minimum absolute atomic E-state index is 0.985.